The minimum Gasteiger partial charge on any atom is -0.381 e. The number of rotatable bonds is 6. The molecule has 2 saturated heterocycles. The lowest BCUT2D eigenvalue weighted by Gasteiger charge is -2.29. The normalized spacial score (nSPS) is 29.5. The Bertz CT molecular complexity index is 1440. The highest BCUT2D eigenvalue weighted by Crippen LogP contribution is 2.32. The summed E-state index contributed by atoms with van der Waals surface area (Å²) in [6, 6.07) is 5.33. The Kier molecular flexibility index (Phi) is 4.36. The van der Waals surface area contributed by atoms with Gasteiger partial charge in [0.1, 0.15) is 11.8 Å². The lowest BCUT2D eigenvalue weighted by molar-refractivity contribution is -0.136. The number of halogens is 1. The van der Waals surface area contributed by atoms with Crippen molar-refractivity contribution in [2.24, 2.45) is 0 Å². The van der Waals surface area contributed by atoms with Gasteiger partial charge >= 0.3 is 0 Å². The molecule has 8 nitrogen and oxygen atoms in total. The molecule has 1 unspecified atom stereocenters. The zero-order valence-corrected chi connectivity index (χ0v) is 18.1. The highest BCUT2D eigenvalue weighted by atomic mass is 19.1. The molecule has 3 aliphatic rings. The Labute approximate surface area is 206 Å². The van der Waals surface area contributed by atoms with Gasteiger partial charge in [0.15, 0.2) is 0 Å². The standard InChI is InChI=1S/C25H27FN4O4/c26-20-5-4-16(14-29-8-10-34-11-9-29)12-17(20)13-27-21-3-1-2-18-19(21)15-30(25(18)33)22-6-7-23(31)28-24(22)32/h1-5,12,22,27H,6-11,13-15H2,(H,28,31,32)/i6D2,7D2,14D2,22D. The average molecular weight is 474 g/mol. The molecule has 9 heteroatoms. The third kappa shape index (κ3) is 4.53. The van der Waals surface area contributed by atoms with Gasteiger partial charge in [-0.1, -0.05) is 12.1 Å². The van der Waals surface area contributed by atoms with E-state index in [-0.39, 0.29) is 28.8 Å². The van der Waals surface area contributed by atoms with Crippen LogP contribution in [-0.2, 0) is 33.9 Å². The maximum atomic E-state index is 14.8. The first kappa shape index (κ1) is 15.6. The Morgan fingerprint density at radius 3 is 2.88 bits per heavy atom. The number of anilines is 1. The van der Waals surface area contributed by atoms with Crippen LogP contribution in [0.4, 0.5) is 10.1 Å². The van der Waals surface area contributed by atoms with Crippen LogP contribution in [0.15, 0.2) is 36.4 Å². The minimum atomic E-state index is -3.40. The average Bonchev–Trinajstić information content (AvgIpc) is 3.28. The van der Waals surface area contributed by atoms with Crippen molar-refractivity contribution in [3.05, 3.63) is 64.5 Å². The molecule has 0 bridgehead atoms. The summed E-state index contributed by atoms with van der Waals surface area (Å²) in [6.45, 7) is -0.930. The molecule has 0 aromatic heterocycles. The molecule has 0 radical (unpaired) electrons. The second-order valence-corrected chi connectivity index (χ2v) is 7.98. The number of morpholine rings is 1. The number of hydrogen-bond acceptors (Lipinski definition) is 6. The lowest BCUT2D eigenvalue weighted by atomic mass is 10.0. The second kappa shape index (κ2) is 9.52. The molecule has 1 atom stereocenters. The summed E-state index contributed by atoms with van der Waals surface area (Å²) in [6.07, 6.45) is -6.68. The number of carbonyl (C=O) groups is 3. The van der Waals surface area contributed by atoms with Crippen molar-refractivity contribution in [1.29, 1.82) is 0 Å². The SMILES string of the molecule is [2H]C([2H])(c1ccc(F)c(CNc2cccc3c2CN(C2([2H])C(=O)NC(=O)C([2H])([2H])C2([2H])[2H])C3=O)c1)N1CCOCC1. The van der Waals surface area contributed by atoms with Crippen LogP contribution >= 0.6 is 0 Å². The van der Waals surface area contributed by atoms with Crippen LogP contribution < -0.4 is 10.6 Å². The van der Waals surface area contributed by atoms with Crippen LogP contribution in [0.25, 0.3) is 0 Å². The highest BCUT2D eigenvalue weighted by molar-refractivity contribution is 6.06. The van der Waals surface area contributed by atoms with Crippen molar-refractivity contribution in [3.63, 3.8) is 0 Å². The smallest absolute Gasteiger partial charge is 0.255 e. The molecule has 0 spiro atoms. The van der Waals surface area contributed by atoms with E-state index in [1.807, 2.05) is 0 Å². The predicted octanol–water partition coefficient (Wildman–Crippen LogP) is 2.03. The topological polar surface area (TPSA) is 91.0 Å². The van der Waals surface area contributed by atoms with Crippen LogP contribution in [0.1, 0.15) is 49.4 Å². The van der Waals surface area contributed by atoms with Crippen LogP contribution in [0.3, 0.4) is 0 Å². The molecule has 2 aromatic rings. The van der Waals surface area contributed by atoms with E-state index in [0.29, 0.717) is 36.9 Å². The van der Waals surface area contributed by atoms with Gasteiger partial charge in [0.25, 0.3) is 5.91 Å². The quantitative estimate of drug-likeness (QED) is 0.624. The van der Waals surface area contributed by atoms with Crippen LogP contribution in [-0.4, -0.2) is 59.8 Å². The van der Waals surface area contributed by atoms with Gasteiger partial charge in [-0.25, -0.2) is 4.39 Å². The molecule has 2 aromatic carbocycles. The van der Waals surface area contributed by atoms with E-state index in [0.717, 1.165) is 0 Å². The van der Waals surface area contributed by atoms with Crippen LogP contribution in [0.5, 0.6) is 0 Å². The van der Waals surface area contributed by atoms with Crippen molar-refractivity contribution in [2.75, 3.05) is 31.6 Å². The number of nitrogens with zero attached hydrogens (tertiary/aromatic N) is 2. The molecule has 3 heterocycles. The van der Waals surface area contributed by atoms with Crippen LogP contribution in [0.2, 0.25) is 0 Å². The fourth-order valence-electron chi connectivity index (χ4n) is 4.06. The molecular formula is C25H27FN4O4. The number of carbonyl (C=O) groups excluding carboxylic acids is 3. The van der Waals surface area contributed by atoms with E-state index < -0.39 is 55.3 Å². The zero-order chi connectivity index (χ0) is 30.0. The molecule has 2 fully saturated rings. The van der Waals surface area contributed by atoms with E-state index in [2.05, 4.69) is 5.32 Å². The molecular weight excluding hydrogens is 439 g/mol. The summed E-state index contributed by atoms with van der Waals surface area (Å²) >= 11 is 0. The molecule has 3 aliphatic heterocycles. The number of fused-ring (bicyclic) bond motifs is 1. The van der Waals surface area contributed by atoms with Gasteiger partial charge in [-0.2, -0.15) is 0 Å². The lowest BCUT2D eigenvalue weighted by Crippen LogP contribution is -2.52. The first-order valence-electron chi connectivity index (χ1n) is 14.3. The minimum absolute atomic E-state index is 0.0283. The maximum Gasteiger partial charge on any atom is 0.255 e. The summed E-state index contributed by atoms with van der Waals surface area (Å²) < 4.78 is 78.3. The van der Waals surface area contributed by atoms with Crippen molar-refractivity contribution in [3.8, 4) is 0 Å². The Morgan fingerprint density at radius 1 is 1.24 bits per heavy atom. The fourth-order valence-corrected chi connectivity index (χ4v) is 4.06. The van der Waals surface area contributed by atoms with Gasteiger partial charge in [-0.15, -0.1) is 0 Å². The van der Waals surface area contributed by atoms with Crippen molar-refractivity contribution in [2.45, 2.75) is 38.4 Å². The molecule has 5 rings (SSSR count). The molecule has 3 amide bonds. The number of nitrogens with one attached hydrogen (secondary N) is 2. The van der Waals surface area contributed by atoms with E-state index >= 15 is 0 Å². The van der Waals surface area contributed by atoms with Gasteiger partial charge in [0, 0.05) is 69.7 Å². The summed E-state index contributed by atoms with van der Waals surface area (Å²) in [4.78, 5) is 40.3. The number of ether oxygens (including phenoxy) is 1. The van der Waals surface area contributed by atoms with E-state index in [9.17, 15) is 18.8 Å². The first-order valence-corrected chi connectivity index (χ1v) is 10.8. The molecule has 0 aliphatic carbocycles. The van der Waals surface area contributed by atoms with Gasteiger partial charge in [-0.3, -0.25) is 24.6 Å². The van der Waals surface area contributed by atoms with Gasteiger partial charge < -0.3 is 15.0 Å². The number of amides is 3. The Morgan fingerprint density at radius 2 is 2.06 bits per heavy atom. The summed E-state index contributed by atoms with van der Waals surface area (Å²) in [7, 11) is 0. The van der Waals surface area contributed by atoms with Gasteiger partial charge in [0.05, 0.1) is 14.6 Å². The summed E-state index contributed by atoms with van der Waals surface area (Å²) in [5.41, 5.74) is 1.01. The Hall–Kier alpha value is -3.30. The van der Waals surface area contributed by atoms with E-state index in [4.69, 9.17) is 14.3 Å². The monoisotopic (exact) mass is 473 g/mol. The van der Waals surface area contributed by atoms with E-state index in [1.165, 1.54) is 30.3 Å². The van der Waals surface area contributed by atoms with Crippen LogP contribution in [0, 0.1) is 5.82 Å². The molecule has 2 N–H and O–H groups in total. The van der Waals surface area contributed by atoms with Crippen molar-refractivity contribution in [1.82, 2.24) is 15.1 Å². The second-order valence-electron chi connectivity index (χ2n) is 7.98. The number of imide groups is 1. The largest absolute Gasteiger partial charge is 0.381 e. The number of benzene rings is 2. The zero-order valence-electron chi connectivity index (χ0n) is 25.1. The van der Waals surface area contributed by atoms with Gasteiger partial charge in [0.2, 0.25) is 11.8 Å². The van der Waals surface area contributed by atoms with E-state index in [1.54, 1.807) is 16.3 Å². The van der Waals surface area contributed by atoms with Gasteiger partial charge in [-0.05, 0) is 36.2 Å². The molecule has 0 saturated carbocycles. The maximum absolute atomic E-state index is 14.8. The number of piperidine rings is 1. The van der Waals surface area contributed by atoms with Crippen molar-refractivity contribution < 1.29 is 33.1 Å². The summed E-state index contributed by atoms with van der Waals surface area (Å²) in [5.74, 6) is -4.50. The molecule has 178 valence electrons. The third-order valence-corrected chi connectivity index (χ3v) is 5.79. The predicted molar refractivity (Wildman–Crippen MR) is 122 cm³/mol. The number of hydrogen-bond donors (Lipinski definition) is 2. The third-order valence-electron chi connectivity index (χ3n) is 5.79. The highest BCUT2D eigenvalue weighted by Gasteiger charge is 2.39. The first-order chi connectivity index (χ1) is 19.1. The van der Waals surface area contributed by atoms with Crippen molar-refractivity contribution >= 4 is 23.4 Å². The summed E-state index contributed by atoms with van der Waals surface area (Å²) in [5, 5.41) is 4.69. The Balaban J connectivity index is 1.41. The fraction of sp³-hybridized carbons (Fsp3) is 0.400. The molecule has 34 heavy (non-hydrogen) atoms.